The second kappa shape index (κ2) is 6.41. The Kier molecular flexibility index (Phi) is 4.36. The summed E-state index contributed by atoms with van der Waals surface area (Å²) in [5, 5.41) is 2.35. The summed E-state index contributed by atoms with van der Waals surface area (Å²) in [5.41, 5.74) is 6.89. The third-order valence-electron chi connectivity index (χ3n) is 4.06. The number of hydrogen-bond acceptors (Lipinski definition) is 4. The molecule has 0 saturated heterocycles. The molecule has 21 heavy (non-hydrogen) atoms. The number of likely N-dealkylation sites (N-methyl/N-ethyl adjacent to an activating group) is 1. The lowest BCUT2D eigenvalue weighted by Crippen LogP contribution is -2.24. The van der Waals surface area contributed by atoms with Crippen LogP contribution in [0.25, 0.3) is 10.8 Å². The van der Waals surface area contributed by atoms with Crippen molar-refractivity contribution in [2.24, 2.45) is 11.7 Å². The molecule has 1 aliphatic carbocycles. The van der Waals surface area contributed by atoms with E-state index in [0.29, 0.717) is 6.54 Å². The van der Waals surface area contributed by atoms with E-state index in [2.05, 4.69) is 29.1 Å². The average Bonchev–Trinajstić information content (AvgIpc) is 3.34. The lowest BCUT2D eigenvalue weighted by atomic mass is 10.1. The van der Waals surface area contributed by atoms with Gasteiger partial charge >= 0.3 is 0 Å². The molecule has 0 atom stereocenters. The first-order chi connectivity index (χ1) is 10.3. The smallest absolute Gasteiger partial charge is 0.136 e. The second-order valence-electron chi connectivity index (χ2n) is 5.80. The van der Waals surface area contributed by atoms with Gasteiger partial charge in [-0.05, 0) is 29.7 Å². The number of hydrogen-bond donors (Lipinski definition) is 1. The lowest BCUT2D eigenvalue weighted by molar-refractivity contribution is 0.131. The molecule has 0 bridgehead atoms. The van der Waals surface area contributed by atoms with E-state index in [1.165, 1.54) is 18.2 Å². The van der Waals surface area contributed by atoms with Gasteiger partial charge in [-0.25, -0.2) is 4.98 Å². The van der Waals surface area contributed by atoms with Crippen LogP contribution in [0.5, 0.6) is 0 Å². The summed E-state index contributed by atoms with van der Waals surface area (Å²) < 4.78 is 5.72. The van der Waals surface area contributed by atoms with Crippen molar-refractivity contribution >= 4 is 16.6 Å². The van der Waals surface area contributed by atoms with Crippen LogP contribution in [0.2, 0.25) is 0 Å². The molecule has 1 aromatic heterocycles. The standard InChI is InChI=1S/C17H23N3O/c1-20(8-9-21-12-13-6-7-13)17-16-5-3-2-4-15(16)14(10-18)11-19-17/h2-5,11,13H,6-10,12,18H2,1H3. The number of nitrogens with two attached hydrogens (primary N) is 1. The van der Waals surface area contributed by atoms with E-state index in [-0.39, 0.29) is 0 Å². The highest BCUT2D eigenvalue weighted by atomic mass is 16.5. The lowest BCUT2D eigenvalue weighted by Gasteiger charge is -2.20. The molecular weight excluding hydrogens is 262 g/mol. The average molecular weight is 285 g/mol. The van der Waals surface area contributed by atoms with Crippen LogP contribution in [-0.2, 0) is 11.3 Å². The molecule has 1 heterocycles. The maximum Gasteiger partial charge on any atom is 0.136 e. The third-order valence-corrected chi connectivity index (χ3v) is 4.06. The van der Waals surface area contributed by atoms with E-state index in [0.717, 1.165) is 42.4 Å². The summed E-state index contributed by atoms with van der Waals surface area (Å²) in [4.78, 5) is 6.76. The zero-order chi connectivity index (χ0) is 14.7. The SMILES string of the molecule is CN(CCOCC1CC1)c1ncc(CN)c2ccccc12. The highest BCUT2D eigenvalue weighted by Gasteiger charge is 2.21. The van der Waals surface area contributed by atoms with Crippen LogP contribution in [0.1, 0.15) is 18.4 Å². The van der Waals surface area contributed by atoms with E-state index in [4.69, 9.17) is 10.5 Å². The van der Waals surface area contributed by atoms with Gasteiger partial charge in [0.25, 0.3) is 0 Å². The summed E-state index contributed by atoms with van der Waals surface area (Å²) in [6.07, 6.45) is 4.56. The van der Waals surface area contributed by atoms with E-state index in [9.17, 15) is 0 Å². The van der Waals surface area contributed by atoms with Gasteiger partial charge in [-0.3, -0.25) is 0 Å². The topological polar surface area (TPSA) is 51.4 Å². The summed E-state index contributed by atoms with van der Waals surface area (Å²) in [7, 11) is 2.07. The minimum Gasteiger partial charge on any atom is -0.379 e. The Bertz CT molecular complexity index is 610. The minimum atomic E-state index is 0.516. The molecule has 0 amide bonds. The summed E-state index contributed by atoms with van der Waals surface area (Å²) in [6, 6.07) is 8.31. The van der Waals surface area contributed by atoms with E-state index in [1.54, 1.807) is 0 Å². The van der Waals surface area contributed by atoms with E-state index >= 15 is 0 Å². The van der Waals surface area contributed by atoms with Gasteiger partial charge in [-0.1, -0.05) is 24.3 Å². The van der Waals surface area contributed by atoms with Crippen molar-refractivity contribution in [3.63, 3.8) is 0 Å². The Hall–Kier alpha value is -1.65. The van der Waals surface area contributed by atoms with E-state index in [1.807, 2.05) is 18.3 Å². The molecule has 0 radical (unpaired) electrons. The molecule has 112 valence electrons. The maximum atomic E-state index is 5.80. The maximum absolute atomic E-state index is 5.80. The molecule has 0 spiro atoms. The van der Waals surface area contributed by atoms with Crippen molar-refractivity contribution in [1.82, 2.24) is 4.98 Å². The molecule has 1 aliphatic rings. The van der Waals surface area contributed by atoms with Crippen LogP contribution in [0.3, 0.4) is 0 Å². The number of ether oxygens (including phenoxy) is 1. The highest BCUT2D eigenvalue weighted by molar-refractivity contribution is 5.94. The Labute approximate surface area is 125 Å². The second-order valence-corrected chi connectivity index (χ2v) is 5.80. The fourth-order valence-corrected chi connectivity index (χ4v) is 2.55. The first kappa shape index (κ1) is 14.3. The fraction of sp³-hybridized carbons (Fsp3) is 0.471. The zero-order valence-corrected chi connectivity index (χ0v) is 12.6. The number of pyridine rings is 1. The van der Waals surface area contributed by atoms with Gasteiger partial charge in [0.1, 0.15) is 5.82 Å². The van der Waals surface area contributed by atoms with Gasteiger partial charge in [0.2, 0.25) is 0 Å². The summed E-state index contributed by atoms with van der Waals surface area (Å²) in [6.45, 7) is 3.03. The van der Waals surface area contributed by atoms with Gasteiger partial charge in [0, 0.05) is 38.3 Å². The molecule has 0 aliphatic heterocycles. The number of nitrogens with zero attached hydrogens (tertiary/aromatic N) is 2. The van der Waals surface area contributed by atoms with Crippen molar-refractivity contribution in [2.45, 2.75) is 19.4 Å². The van der Waals surface area contributed by atoms with Crippen LogP contribution >= 0.6 is 0 Å². The molecule has 1 fully saturated rings. The number of rotatable bonds is 7. The quantitative estimate of drug-likeness (QED) is 0.794. The number of fused-ring (bicyclic) bond motifs is 1. The molecule has 4 heteroatoms. The first-order valence-electron chi connectivity index (χ1n) is 7.65. The number of anilines is 1. The molecule has 2 aromatic rings. The third kappa shape index (κ3) is 3.34. The summed E-state index contributed by atoms with van der Waals surface area (Å²) >= 11 is 0. The van der Waals surface area contributed by atoms with Crippen molar-refractivity contribution in [3.8, 4) is 0 Å². The monoisotopic (exact) mass is 285 g/mol. The Balaban J connectivity index is 1.72. The highest BCUT2D eigenvalue weighted by Crippen LogP contribution is 2.29. The van der Waals surface area contributed by atoms with Gasteiger partial charge < -0.3 is 15.4 Å². The van der Waals surface area contributed by atoms with Crippen molar-refractivity contribution < 1.29 is 4.74 Å². The van der Waals surface area contributed by atoms with Crippen LogP contribution in [0.15, 0.2) is 30.5 Å². The summed E-state index contributed by atoms with van der Waals surface area (Å²) in [5.74, 6) is 1.82. The van der Waals surface area contributed by atoms with Crippen molar-refractivity contribution in [3.05, 3.63) is 36.0 Å². The predicted octanol–water partition coefficient (Wildman–Crippen LogP) is 2.56. The zero-order valence-electron chi connectivity index (χ0n) is 12.6. The van der Waals surface area contributed by atoms with Crippen molar-refractivity contribution in [1.29, 1.82) is 0 Å². The normalized spacial score (nSPS) is 14.6. The van der Waals surface area contributed by atoms with Gasteiger partial charge in [-0.2, -0.15) is 0 Å². The Morgan fingerprint density at radius 2 is 2.05 bits per heavy atom. The molecule has 2 N–H and O–H groups in total. The molecule has 0 unspecified atom stereocenters. The molecule has 4 nitrogen and oxygen atoms in total. The molecule has 1 aromatic carbocycles. The number of benzene rings is 1. The first-order valence-corrected chi connectivity index (χ1v) is 7.65. The van der Waals surface area contributed by atoms with Crippen LogP contribution in [-0.4, -0.2) is 31.8 Å². The van der Waals surface area contributed by atoms with Gasteiger partial charge in [-0.15, -0.1) is 0 Å². The Morgan fingerprint density at radius 3 is 2.76 bits per heavy atom. The van der Waals surface area contributed by atoms with Crippen LogP contribution in [0, 0.1) is 5.92 Å². The fourth-order valence-electron chi connectivity index (χ4n) is 2.55. The molecule has 3 rings (SSSR count). The Morgan fingerprint density at radius 1 is 1.29 bits per heavy atom. The van der Waals surface area contributed by atoms with Gasteiger partial charge in [0.15, 0.2) is 0 Å². The van der Waals surface area contributed by atoms with Crippen LogP contribution < -0.4 is 10.6 Å². The molecule has 1 saturated carbocycles. The van der Waals surface area contributed by atoms with Crippen molar-refractivity contribution in [2.75, 3.05) is 31.7 Å². The van der Waals surface area contributed by atoms with Crippen LogP contribution in [0.4, 0.5) is 5.82 Å². The number of aromatic nitrogens is 1. The predicted molar refractivity (Wildman–Crippen MR) is 86.4 cm³/mol. The minimum absolute atomic E-state index is 0.516. The largest absolute Gasteiger partial charge is 0.379 e. The van der Waals surface area contributed by atoms with E-state index < -0.39 is 0 Å². The van der Waals surface area contributed by atoms with Gasteiger partial charge in [0.05, 0.1) is 6.61 Å². The molecular formula is C17H23N3O.